The van der Waals surface area contributed by atoms with Crippen LogP contribution in [-0.4, -0.2) is 35.9 Å². The minimum atomic E-state index is 0.161. The van der Waals surface area contributed by atoms with Gasteiger partial charge in [-0.15, -0.1) is 0 Å². The number of hydrogen-bond acceptors (Lipinski definition) is 5. The highest BCUT2D eigenvalue weighted by atomic mass is 15.1. The van der Waals surface area contributed by atoms with E-state index in [9.17, 15) is 0 Å². The molecule has 24 heavy (non-hydrogen) atoms. The summed E-state index contributed by atoms with van der Waals surface area (Å²) in [5.41, 5.74) is 3.83. The quantitative estimate of drug-likeness (QED) is 0.507. The van der Waals surface area contributed by atoms with E-state index >= 15 is 0 Å². The normalized spacial score (nSPS) is 12.3. The van der Waals surface area contributed by atoms with Gasteiger partial charge in [-0.3, -0.25) is 0 Å². The van der Waals surface area contributed by atoms with Crippen molar-refractivity contribution in [2.75, 3.05) is 5.32 Å². The second-order valence-corrected chi connectivity index (χ2v) is 5.64. The molecule has 7 nitrogen and oxygen atoms in total. The summed E-state index contributed by atoms with van der Waals surface area (Å²) in [5, 5.41) is 3.52. The highest BCUT2D eigenvalue weighted by Crippen LogP contribution is 2.18. The maximum absolute atomic E-state index is 4.37. The monoisotopic (exact) mass is 319 g/mol. The van der Waals surface area contributed by atoms with Gasteiger partial charge in [0.05, 0.1) is 12.7 Å². The van der Waals surface area contributed by atoms with Crippen molar-refractivity contribution < 1.29 is 0 Å². The van der Waals surface area contributed by atoms with Gasteiger partial charge in [0.25, 0.3) is 0 Å². The van der Waals surface area contributed by atoms with Crippen LogP contribution in [0.2, 0.25) is 0 Å². The third-order valence-corrected chi connectivity index (χ3v) is 3.91. The fraction of sp³-hybridized carbons (Fsp3) is 0.176. The highest BCUT2D eigenvalue weighted by Gasteiger charge is 2.15. The molecule has 3 N–H and O–H groups in total. The molecule has 0 bridgehead atoms. The molecule has 1 unspecified atom stereocenters. The molecule has 1 aromatic carbocycles. The Kier molecular flexibility index (Phi) is 3.89. The van der Waals surface area contributed by atoms with Crippen LogP contribution in [0.15, 0.2) is 55.5 Å². The number of benzene rings is 1. The predicted molar refractivity (Wildman–Crippen MR) is 91.5 cm³/mol. The Labute approximate surface area is 138 Å². The van der Waals surface area contributed by atoms with Gasteiger partial charge in [0, 0.05) is 24.4 Å². The fourth-order valence-corrected chi connectivity index (χ4v) is 2.80. The zero-order chi connectivity index (χ0) is 16.2. The smallest absolute Gasteiger partial charge is 0.182 e. The van der Waals surface area contributed by atoms with Crippen LogP contribution in [0.3, 0.4) is 0 Å². The maximum Gasteiger partial charge on any atom is 0.182 e. The first-order chi connectivity index (χ1) is 11.9. The molecule has 0 radical (unpaired) electrons. The Morgan fingerprint density at radius 2 is 1.88 bits per heavy atom. The van der Waals surface area contributed by atoms with Gasteiger partial charge in [0.1, 0.15) is 11.8 Å². The topological polar surface area (TPSA) is 95.2 Å². The fourth-order valence-electron chi connectivity index (χ4n) is 2.80. The molecule has 0 saturated heterocycles. The lowest BCUT2D eigenvalue weighted by Crippen LogP contribution is -2.26. The number of aromatic nitrogens is 6. The minimum absolute atomic E-state index is 0.161. The van der Waals surface area contributed by atoms with Crippen LogP contribution >= 0.6 is 0 Å². The van der Waals surface area contributed by atoms with Gasteiger partial charge in [-0.1, -0.05) is 30.3 Å². The van der Waals surface area contributed by atoms with E-state index in [1.165, 1.54) is 11.9 Å². The number of hydrogen-bond donors (Lipinski definition) is 3. The molecule has 0 fully saturated rings. The molecular weight excluding hydrogens is 302 g/mol. The Morgan fingerprint density at radius 3 is 2.71 bits per heavy atom. The van der Waals surface area contributed by atoms with E-state index in [1.807, 2.05) is 12.3 Å². The molecule has 4 rings (SSSR count). The van der Waals surface area contributed by atoms with Crippen LogP contribution in [0.25, 0.3) is 11.2 Å². The van der Waals surface area contributed by atoms with E-state index in [0.717, 1.165) is 29.9 Å². The van der Waals surface area contributed by atoms with Crippen molar-refractivity contribution in [3.63, 3.8) is 0 Å². The van der Waals surface area contributed by atoms with Gasteiger partial charge in [0.2, 0.25) is 0 Å². The largest absolute Gasteiger partial charge is 0.365 e. The van der Waals surface area contributed by atoms with Gasteiger partial charge >= 0.3 is 0 Å². The molecular formula is C17H17N7. The Balaban J connectivity index is 1.60. The van der Waals surface area contributed by atoms with Crippen molar-refractivity contribution in [2.45, 2.75) is 18.9 Å². The zero-order valence-electron chi connectivity index (χ0n) is 13.0. The van der Waals surface area contributed by atoms with E-state index in [4.69, 9.17) is 0 Å². The van der Waals surface area contributed by atoms with Crippen molar-refractivity contribution >= 4 is 17.0 Å². The predicted octanol–water partition coefficient (Wildman–Crippen LogP) is 2.34. The minimum Gasteiger partial charge on any atom is -0.365 e. The summed E-state index contributed by atoms with van der Waals surface area (Å²) >= 11 is 0. The summed E-state index contributed by atoms with van der Waals surface area (Å²) in [7, 11) is 0. The molecule has 120 valence electrons. The number of nitrogens with one attached hydrogen (secondary N) is 3. The van der Waals surface area contributed by atoms with Crippen molar-refractivity contribution in [1.82, 2.24) is 29.9 Å². The average molecular weight is 319 g/mol. The molecule has 0 amide bonds. The lowest BCUT2D eigenvalue weighted by atomic mass is 10.0. The summed E-state index contributed by atoms with van der Waals surface area (Å²) in [6.07, 6.45) is 8.40. The van der Waals surface area contributed by atoms with Crippen molar-refractivity contribution in [3.05, 3.63) is 66.8 Å². The summed E-state index contributed by atoms with van der Waals surface area (Å²) in [4.78, 5) is 23.1. The van der Waals surface area contributed by atoms with E-state index in [2.05, 4.69) is 59.5 Å². The highest BCUT2D eigenvalue weighted by molar-refractivity contribution is 5.82. The van der Waals surface area contributed by atoms with Gasteiger partial charge in [0.15, 0.2) is 11.5 Å². The van der Waals surface area contributed by atoms with Crippen LogP contribution in [-0.2, 0) is 12.8 Å². The molecule has 0 saturated carbocycles. The Bertz CT molecular complexity index is 899. The molecule has 7 heteroatoms. The van der Waals surface area contributed by atoms with E-state index in [-0.39, 0.29) is 6.04 Å². The zero-order valence-corrected chi connectivity index (χ0v) is 13.0. The first-order valence-corrected chi connectivity index (χ1v) is 7.80. The molecule has 1 atom stereocenters. The molecule has 3 heterocycles. The van der Waals surface area contributed by atoms with Crippen LogP contribution in [0, 0.1) is 0 Å². The summed E-state index contributed by atoms with van der Waals surface area (Å²) in [6, 6.07) is 10.6. The number of fused-ring (bicyclic) bond motifs is 1. The van der Waals surface area contributed by atoms with Gasteiger partial charge in [-0.05, 0) is 12.0 Å². The van der Waals surface area contributed by atoms with Crippen molar-refractivity contribution in [1.29, 1.82) is 0 Å². The first-order valence-electron chi connectivity index (χ1n) is 7.80. The third kappa shape index (κ3) is 3.10. The van der Waals surface area contributed by atoms with E-state index in [1.54, 1.807) is 12.7 Å². The maximum atomic E-state index is 4.37. The standard InChI is InChI=1S/C17H17N7/c1-2-4-12(5-3-1)6-13(7-14-8-18-9-19-14)24-17-15-16(21-10-20-15)22-11-23-17/h1-5,8-11,13H,6-7H2,(H,18,19)(H2,20,21,22,23,24). The Hall–Kier alpha value is -3.22. The van der Waals surface area contributed by atoms with E-state index < -0.39 is 0 Å². The Morgan fingerprint density at radius 1 is 0.958 bits per heavy atom. The molecule has 0 spiro atoms. The lowest BCUT2D eigenvalue weighted by molar-refractivity contribution is 0.697. The van der Waals surface area contributed by atoms with Crippen LogP contribution < -0.4 is 5.32 Å². The molecule has 3 aromatic heterocycles. The van der Waals surface area contributed by atoms with E-state index in [0.29, 0.717) is 5.65 Å². The van der Waals surface area contributed by atoms with Gasteiger partial charge in [-0.25, -0.2) is 19.9 Å². The molecule has 0 aliphatic heterocycles. The second-order valence-electron chi connectivity index (χ2n) is 5.64. The lowest BCUT2D eigenvalue weighted by Gasteiger charge is -2.19. The molecule has 4 aromatic rings. The average Bonchev–Trinajstić information content (AvgIpc) is 3.27. The number of rotatable bonds is 6. The number of anilines is 1. The second kappa shape index (κ2) is 6.49. The number of imidazole rings is 2. The molecule has 0 aliphatic carbocycles. The van der Waals surface area contributed by atoms with Crippen molar-refractivity contribution in [2.24, 2.45) is 0 Å². The van der Waals surface area contributed by atoms with Crippen LogP contribution in [0.5, 0.6) is 0 Å². The van der Waals surface area contributed by atoms with Gasteiger partial charge in [-0.2, -0.15) is 0 Å². The van der Waals surface area contributed by atoms with Crippen LogP contribution in [0.1, 0.15) is 11.3 Å². The molecule has 0 aliphatic rings. The van der Waals surface area contributed by atoms with Crippen molar-refractivity contribution in [3.8, 4) is 0 Å². The summed E-state index contributed by atoms with van der Waals surface area (Å²) in [6.45, 7) is 0. The summed E-state index contributed by atoms with van der Waals surface area (Å²) in [5.74, 6) is 0.762. The first kappa shape index (κ1) is 14.4. The number of H-pyrrole nitrogens is 2. The number of aromatic amines is 2. The SMILES string of the molecule is c1ccc(CC(Cc2cnc[nH]2)Nc2ncnc3nc[nH]c23)cc1. The third-order valence-electron chi connectivity index (χ3n) is 3.91. The van der Waals surface area contributed by atoms with Crippen LogP contribution in [0.4, 0.5) is 5.82 Å². The summed E-state index contributed by atoms with van der Waals surface area (Å²) < 4.78 is 0. The number of nitrogens with zero attached hydrogens (tertiary/aromatic N) is 4. The van der Waals surface area contributed by atoms with Gasteiger partial charge < -0.3 is 15.3 Å².